The quantitative estimate of drug-likeness (QED) is 0.796. The molecule has 1 nitrogen and oxygen atoms in total. The van der Waals surface area contributed by atoms with Crippen LogP contribution in [-0.2, 0) is 0 Å². The van der Waals surface area contributed by atoms with Crippen LogP contribution in [0.4, 0.5) is 14.5 Å². The highest BCUT2D eigenvalue weighted by Crippen LogP contribution is 2.27. The summed E-state index contributed by atoms with van der Waals surface area (Å²) >= 11 is 11.6. The molecular formula is C7H5Cl2F2NS. The highest BCUT2D eigenvalue weighted by molar-refractivity contribution is 8.00. The van der Waals surface area contributed by atoms with Gasteiger partial charge in [-0.05, 0) is 18.2 Å². The van der Waals surface area contributed by atoms with Gasteiger partial charge >= 0.3 is 5.76 Å². The fraction of sp³-hybridized carbons (Fsp3) is 0.143. The summed E-state index contributed by atoms with van der Waals surface area (Å²) in [5, 5.41) is 0.732. The molecule has 0 saturated heterocycles. The smallest absolute Gasteiger partial charge is 0.302 e. The van der Waals surface area contributed by atoms with Crippen LogP contribution in [-0.4, -0.2) is 5.76 Å². The second kappa shape index (κ2) is 4.88. The van der Waals surface area contributed by atoms with E-state index in [1.807, 2.05) is 0 Å². The Balaban J connectivity index is 2.63. The van der Waals surface area contributed by atoms with E-state index in [0.717, 1.165) is 0 Å². The molecule has 0 unspecified atom stereocenters. The summed E-state index contributed by atoms with van der Waals surface area (Å²) in [5.41, 5.74) is 0.500. The van der Waals surface area contributed by atoms with Gasteiger partial charge in [0.25, 0.3) is 0 Å². The van der Waals surface area contributed by atoms with Gasteiger partial charge in [0, 0.05) is 17.6 Å². The number of anilines is 1. The monoisotopic (exact) mass is 243 g/mol. The third kappa shape index (κ3) is 3.58. The molecular weight excluding hydrogens is 239 g/mol. The lowest BCUT2D eigenvalue weighted by Gasteiger charge is -2.04. The molecule has 1 aromatic rings. The Morgan fingerprint density at radius 1 is 1.23 bits per heavy atom. The number of alkyl halides is 2. The van der Waals surface area contributed by atoms with Gasteiger partial charge in [0.2, 0.25) is 0 Å². The van der Waals surface area contributed by atoms with Crippen LogP contribution >= 0.6 is 35.1 Å². The third-order valence-electron chi connectivity index (χ3n) is 1.19. The molecule has 1 aromatic carbocycles. The minimum Gasteiger partial charge on any atom is -0.325 e. The molecule has 0 radical (unpaired) electrons. The van der Waals surface area contributed by atoms with E-state index < -0.39 is 5.76 Å². The summed E-state index contributed by atoms with van der Waals surface area (Å²) in [6, 6.07) is 4.60. The predicted molar refractivity (Wildman–Crippen MR) is 53.7 cm³/mol. The summed E-state index contributed by atoms with van der Waals surface area (Å²) in [7, 11) is 0. The Morgan fingerprint density at radius 2 is 1.92 bits per heavy atom. The number of nitrogens with one attached hydrogen (secondary N) is 1. The summed E-state index contributed by atoms with van der Waals surface area (Å²) < 4.78 is 25.9. The summed E-state index contributed by atoms with van der Waals surface area (Å²) in [6.07, 6.45) is 0. The van der Waals surface area contributed by atoms with Gasteiger partial charge in [-0.25, -0.2) is 0 Å². The molecule has 0 bridgehead atoms. The Kier molecular flexibility index (Phi) is 4.09. The van der Waals surface area contributed by atoms with E-state index in [2.05, 4.69) is 4.72 Å². The standard InChI is InChI=1S/C7H5Cl2F2NS/c8-5-2-1-4(3-6(5)9)12-13-7(10)11/h1-3,7,12H. The molecule has 0 aliphatic heterocycles. The van der Waals surface area contributed by atoms with Gasteiger partial charge in [-0.2, -0.15) is 8.78 Å². The molecule has 0 spiro atoms. The van der Waals surface area contributed by atoms with Crippen molar-refractivity contribution >= 4 is 40.8 Å². The lowest BCUT2D eigenvalue weighted by atomic mass is 10.3. The van der Waals surface area contributed by atoms with Crippen LogP contribution in [0.2, 0.25) is 10.0 Å². The minimum atomic E-state index is -2.46. The maximum atomic E-state index is 11.7. The van der Waals surface area contributed by atoms with Crippen LogP contribution in [0.25, 0.3) is 0 Å². The van der Waals surface area contributed by atoms with Crippen molar-refractivity contribution in [3.8, 4) is 0 Å². The zero-order valence-corrected chi connectivity index (χ0v) is 8.56. The van der Waals surface area contributed by atoms with Gasteiger partial charge in [0.1, 0.15) is 0 Å². The van der Waals surface area contributed by atoms with E-state index in [0.29, 0.717) is 27.7 Å². The van der Waals surface area contributed by atoms with Crippen molar-refractivity contribution in [3.05, 3.63) is 28.2 Å². The van der Waals surface area contributed by atoms with Crippen molar-refractivity contribution in [1.82, 2.24) is 0 Å². The zero-order valence-electron chi connectivity index (χ0n) is 6.23. The van der Waals surface area contributed by atoms with Crippen LogP contribution in [0.15, 0.2) is 18.2 Å². The Bertz CT molecular complexity index is 296. The summed E-state index contributed by atoms with van der Waals surface area (Å²) in [6.45, 7) is 0. The molecule has 0 atom stereocenters. The van der Waals surface area contributed by atoms with Crippen molar-refractivity contribution in [1.29, 1.82) is 0 Å². The van der Waals surface area contributed by atoms with E-state index in [1.165, 1.54) is 12.1 Å². The first-order valence-corrected chi connectivity index (χ1v) is 4.88. The van der Waals surface area contributed by atoms with Crippen LogP contribution in [0.3, 0.4) is 0 Å². The average Bonchev–Trinajstić information content (AvgIpc) is 2.07. The predicted octanol–water partition coefficient (Wildman–Crippen LogP) is 4.28. The van der Waals surface area contributed by atoms with Crippen molar-refractivity contribution in [2.45, 2.75) is 5.76 Å². The first-order chi connectivity index (χ1) is 6.09. The van der Waals surface area contributed by atoms with Gasteiger partial charge in [-0.1, -0.05) is 23.2 Å². The van der Waals surface area contributed by atoms with Crippen molar-refractivity contribution in [2.24, 2.45) is 0 Å². The number of rotatable bonds is 3. The molecule has 0 saturated carbocycles. The normalized spacial score (nSPS) is 10.5. The number of benzene rings is 1. The molecule has 0 fully saturated rings. The summed E-state index contributed by atoms with van der Waals surface area (Å²) in [5.74, 6) is -2.46. The SMILES string of the molecule is FC(F)SNc1ccc(Cl)c(Cl)c1. The topological polar surface area (TPSA) is 12.0 Å². The summed E-state index contributed by atoms with van der Waals surface area (Å²) in [4.78, 5) is 0. The van der Waals surface area contributed by atoms with Crippen LogP contribution < -0.4 is 4.72 Å². The fourth-order valence-corrected chi connectivity index (χ4v) is 1.32. The van der Waals surface area contributed by atoms with Gasteiger partial charge in [0.05, 0.1) is 10.0 Å². The first-order valence-electron chi connectivity index (χ1n) is 3.24. The second-order valence-electron chi connectivity index (χ2n) is 2.11. The van der Waals surface area contributed by atoms with E-state index in [1.54, 1.807) is 6.07 Å². The lowest BCUT2D eigenvalue weighted by Crippen LogP contribution is -1.91. The minimum absolute atomic E-state index is 0.314. The Hall–Kier alpha value is -0.190. The molecule has 0 aliphatic carbocycles. The van der Waals surface area contributed by atoms with Gasteiger partial charge in [-0.3, -0.25) is 0 Å². The van der Waals surface area contributed by atoms with Crippen LogP contribution in [0.1, 0.15) is 0 Å². The molecule has 1 rings (SSSR count). The van der Waals surface area contributed by atoms with Gasteiger partial charge < -0.3 is 4.72 Å². The van der Waals surface area contributed by atoms with Crippen molar-refractivity contribution < 1.29 is 8.78 Å². The van der Waals surface area contributed by atoms with Crippen LogP contribution in [0, 0.1) is 0 Å². The molecule has 6 heteroatoms. The molecule has 13 heavy (non-hydrogen) atoms. The first kappa shape index (κ1) is 10.9. The largest absolute Gasteiger partial charge is 0.325 e. The Labute approximate surface area is 88.5 Å². The molecule has 0 heterocycles. The highest BCUT2D eigenvalue weighted by atomic mass is 35.5. The van der Waals surface area contributed by atoms with E-state index in [-0.39, 0.29) is 0 Å². The maximum absolute atomic E-state index is 11.7. The number of halogens is 4. The fourth-order valence-electron chi connectivity index (χ4n) is 0.672. The van der Waals surface area contributed by atoms with Gasteiger partial charge in [0.15, 0.2) is 0 Å². The Morgan fingerprint density at radius 3 is 2.46 bits per heavy atom. The zero-order chi connectivity index (χ0) is 9.84. The number of hydrogen-bond donors (Lipinski definition) is 1. The second-order valence-corrected chi connectivity index (χ2v) is 3.72. The van der Waals surface area contributed by atoms with Crippen molar-refractivity contribution in [2.75, 3.05) is 4.72 Å². The molecule has 72 valence electrons. The maximum Gasteiger partial charge on any atom is 0.302 e. The van der Waals surface area contributed by atoms with Crippen LogP contribution in [0.5, 0.6) is 0 Å². The molecule has 0 aromatic heterocycles. The third-order valence-corrected chi connectivity index (χ3v) is 2.46. The van der Waals surface area contributed by atoms with Gasteiger partial charge in [-0.15, -0.1) is 0 Å². The van der Waals surface area contributed by atoms with E-state index >= 15 is 0 Å². The van der Waals surface area contributed by atoms with E-state index in [4.69, 9.17) is 23.2 Å². The molecule has 1 N–H and O–H groups in total. The lowest BCUT2D eigenvalue weighted by molar-refractivity contribution is 0.252. The molecule has 0 amide bonds. The highest BCUT2D eigenvalue weighted by Gasteiger charge is 2.04. The average molecular weight is 244 g/mol. The number of hydrogen-bond acceptors (Lipinski definition) is 2. The van der Waals surface area contributed by atoms with E-state index in [9.17, 15) is 8.78 Å². The van der Waals surface area contributed by atoms with Crippen molar-refractivity contribution in [3.63, 3.8) is 0 Å². The molecule has 0 aliphatic rings.